The highest BCUT2D eigenvalue weighted by Crippen LogP contribution is 2.13. The average Bonchev–Trinajstić information content (AvgIpc) is 2.76. The Bertz CT molecular complexity index is 777. The van der Waals surface area contributed by atoms with Crippen LogP contribution in [0.15, 0.2) is 45.7 Å². The van der Waals surface area contributed by atoms with Crippen LogP contribution in [-0.4, -0.2) is 14.5 Å². The van der Waals surface area contributed by atoms with E-state index in [0.717, 1.165) is 5.52 Å². The van der Waals surface area contributed by atoms with Gasteiger partial charge in [-0.25, -0.2) is 20.6 Å². The lowest BCUT2D eigenvalue weighted by Crippen LogP contribution is -2.17. The van der Waals surface area contributed by atoms with Crippen molar-refractivity contribution >= 4 is 17.0 Å². The van der Waals surface area contributed by atoms with Gasteiger partial charge in [0.05, 0.1) is 17.8 Å². The number of hydrogen-bond donors (Lipinski definition) is 2. The fraction of sp³-hybridized carbons (Fsp3) is 0.0833. The molecule has 3 aromatic rings. The van der Waals surface area contributed by atoms with Crippen molar-refractivity contribution in [2.45, 2.75) is 6.54 Å². The molecule has 1 aromatic carbocycles. The Hall–Kier alpha value is -2.67. The van der Waals surface area contributed by atoms with Gasteiger partial charge < -0.3 is 4.42 Å². The van der Waals surface area contributed by atoms with Crippen molar-refractivity contribution in [2.75, 3.05) is 5.43 Å². The lowest BCUT2D eigenvalue weighted by molar-refractivity contribution is 0.516. The van der Waals surface area contributed by atoms with Gasteiger partial charge in [-0.1, -0.05) is 12.1 Å². The lowest BCUT2D eigenvalue weighted by Gasteiger charge is -2.03. The molecule has 7 heteroatoms. The molecular formula is C12H11N5O2. The van der Waals surface area contributed by atoms with Crippen LogP contribution in [0.2, 0.25) is 0 Å². The molecule has 3 N–H and O–H groups in total. The molecule has 96 valence electrons. The summed E-state index contributed by atoms with van der Waals surface area (Å²) in [6.45, 7) is 0.299. The van der Waals surface area contributed by atoms with Crippen molar-refractivity contribution in [3.05, 3.63) is 52.8 Å². The van der Waals surface area contributed by atoms with Gasteiger partial charge in [0.25, 0.3) is 0 Å². The number of hydrazine groups is 1. The van der Waals surface area contributed by atoms with Gasteiger partial charge in [-0.05, 0) is 18.2 Å². The SMILES string of the molecule is NNc1nccc(Cn2c(=O)oc3ccccc32)n1. The Morgan fingerprint density at radius 2 is 2.16 bits per heavy atom. The molecule has 0 spiro atoms. The number of nitrogens with two attached hydrogens (primary N) is 1. The van der Waals surface area contributed by atoms with E-state index in [1.54, 1.807) is 18.3 Å². The minimum absolute atomic E-state index is 0.299. The topological polar surface area (TPSA) is 99.0 Å². The Kier molecular flexibility index (Phi) is 2.73. The molecule has 0 saturated carbocycles. The summed E-state index contributed by atoms with van der Waals surface area (Å²) < 4.78 is 6.66. The molecule has 0 unspecified atom stereocenters. The molecule has 7 nitrogen and oxygen atoms in total. The van der Waals surface area contributed by atoms with Crippen molar-refractivity contribution in [2.24, 2.45) is 5.84 Å². The number of rotatable bonds is 3. The van der Waals surface area contributed by atoms with Crippen molar-refractivity contribution < 1.29 is 4.42 Å². The van der Waals surface area contributed by atoms with E-state index < -0.39 is 5.76 Å². The number of fused-ring (bicyclic) bond motifs is 1. The standard InChI is InChI=1S/C12H11N5O2/c13-16-11-14-6-5-8(15-11)7-17-9-3-1-2-4-10(9)19-12(17)18/h1-6H,7,13H2,(H,14,15,16). The zero-order chi connectivity index (χ0) is 13.2. The van der Waals surface area contributed by atoms with E-state index in [4.69, 9.17) is 10.3 Å². The molecule has 0 saturated heterocycles. The Morgan fingerprint density at radius 1 is 1.32 bits per heavy atom. The van der Waals surface area contributed by atoms with E-state index in [1.165, 1.54) is 4.57 Å². The zero-order valence-corrected chi connectivity index (χ0v) is 9.91. The maximum absolute atomic E-state index is 11.8. The zero-order valence-electron chi connectivity index (χ0n) is 9.91. The van der Waals surface area contributed by atoms with E-state index in [1.807, 2.05) is 18.2 Å². The molecule has 0 radical (unpaired) electrons. The van der Waals surface area contributed by atoms with Crippen LogP contribution in [0.5, 0.6) is 0 Å². The molecule has 0 aliphatic carbocycles. The third-order valence-electron chi connectivity index (χ3n) is 2.74. The van der Waals surface area contributed by atoms with Crippen molar-refractivity contribution in [1.82, 2.24) is 14.5 Å². The minimum atomic E-state index is -0.415. The first-order valence-corrected chi connectivity index (χ1v) is 5.65. The highest BCUT2D eigenvalue weighted by molar-refractivity contribution is 5.72. The molecule has 2 heterocycles. The van der Waals surface area contributed by atoms with Crippen molar-refractivity contribution in [3.8, 4) is 0 Å². The predicted octanol–water partition coefficient (Wildman–Crippen LogP) is 0.718. The first kappa shape index (κ1) is 11.4. The van der Waals surface area contributed by atoms with Gasteiger partial charge >= 0.3 is 5.76 Å². The Labute approximate surface area is 107 Å². The molecule has 0 bridgehead atoms. The summed E-state index contributed by atoms with van der Waals surface area (Å²) >= 11 is 0. The number of nitrogens with one attached hydrogen (secondary N) is 1. The van der Waals surface area contributed by atoms with E-state index in [9.17, 15) is 4.79 Å². The summed E-state index contributed by atoms with van der Waals surface area (Å²) in [5, 5.41) is 0. The van der Waals surface area contributed by atoms with Gasteiger partial charge in [-0.3, -0.25) is 9.99 Å². The van der Waals surface area contributed by atoms with Gasteiger partial charge in [-0.2, -0.15) is 0 Å². The number of nitrogen functional groups attached to an aromatic ring is 1. The fourth-order valence-electron chi connectivity index (χ4n) is 1.88. The Balaban J connectivity index is 2.05. The maximum atomic E-state index is 11.8. The highest BCUT2D eigenvalue weighted by Gasteiger charge is 2.09. The number of para-hydroxylation sites is 2. The van der Waals surface area contributed by atoms with Crippen LogP contribution in [0.4, 0.5) is 5.95 Å². The van der Waals surface area contributed by atoms with E-state index in [-0.39, 0.29) is 0 Å². The number of nitrogens with zero attached hydrogens (tertiary/aromatic N) is 3. The highest BCUT2D eigenvalue weighted by atomic mass is 16.4. The van der Waals surface area contributed by atoms with Gasteiger partial charge in [0.15, 0.2) is 5.58 Å². The molecule has 2 aromatic heterocycles. The van der Waals surface area contributed by atoms with Crippen molar-refractivity contribution in [3.63, 3.8) is 0 Å². The molecule has 19 heavy (non-hydrogen) atoms. The molecule has 0 amide bonds. The molecule has 0 fully saturated rings. The van der Waals surface area contributed by atoms with Gasteiger partial charge in [0, 0.05) is 6.20 Å². The lowest BCUT2D eigenvalue weighted by atomic mass is 10.3. The monoisotopic (exact) mass is 257 g/mol. The minimum Gasteiger partial charge on any atom is -0.408 e. The second kappa shape index (κ2) is 4.54. The van der Waals surface area contributed by atoms with Crippen LogP contribution < -0.4 is 17.0 Å². The summed E-state index contributed by atoms with van der Waals surface area (Å²) in [6, 6.07) is 8.95. The first-order chi connectivity index (χ1) is 9.28. The number of aromatic nitrogens is 3. The molecular weight excluding hydrogens is 246 g/mol. The van der Waals surface area contributed by atoms with Crippen LogP contribution >= 0.6 is 0 Å². The molecule has 0 aliphatic heterocycles. The smallest absolute Gasteiger partial charge is 0.408 e. The van der Waals surface area contributed by atoms with Crippen molar-refractivity contribution in [1.29, 1.82) is 0 Å². The third-order valence-corrected chi connectivity index (χ3v) is 2.74. The Morgan fingerprint density at radius 3 is 3.00 bits per heavy atom. The van der Waals surface area contributed by atoms with Gasteiger partial charge in [-0.15, -0.1) is 0 Å². The largest absolute Gasteiger partial charge is 0.420 e. The second-order valence-electron chi connectivity index (χ2n) is 3.94. The first-order valence-electron chi connectivity index (χ1n) is 5.65. The van der Waals surface area contributed by atoms with Crippen LogP contribution in [0.25, 0.3) is 11.1 Å². The second-order valence-corrected chi connectivity index (χ2v) is 3.94. The molecule has 3 rings (SSSR count). The number of hydrogen-bond acceptors (Lipinski definition) is 6. The summed E-state index contributed by atoms with van der Waals surface area (Å²) in [6.07, 6.45) is 1.57. The van der Waals surface area contributed by atoms with Crippen LogP contribution in [0, 0.1) is 0 Å². The van der Waals surface area contributed by atoms with Crippen LogP contribution in [0.3, 0.4) is 0 Å². The normalized spacial score (nSPS) is 10.8. The molecule has 0 atom stereocenters. The number of anilines is 1. The van der Waals surface area contributed by atoms with Gasteiger partial charge in [0.2, 0.25) is 5.95 Å². The quantitative estimate of drug-likeness (QED) is 0.530. The summed E-state index contributed by atoms with van der Waals surface area (Å²) in [5.41, 5.74) is 4.31. The van der Waals surface area contributed by atoms with E-state index in [0.29, 0.717) is 23.8 Å². The van der Waals surface area contributed by atoms with Crippen LogP contribution in [-0.2, 0) is 6.54 Å². The summed E-state index contributed by atoms with van der Waals surface area (Å²) in [7, 11) is 0. The fourth-order valence-corrected chi connectivity index (χ4v) is 1.88. The summed E-state index contributed by atoms with van der Waals surface area (Å²) in [4.78, 5) is 19.9. The van der Waals surface area contributed by atoms with E-state index in [2.05, 4.69) is 15.4 Å². The number of oxazole rings is 1. The predicted molar refractivity (Wildman–Crippen MR) is 69.4 cm³/mol. The third kappa shape index (κ3) is 2.06. The molecule has 0 aliphatic rings. The number of benzene rings is 1. The average molecular weight is 257 g/mol. The summed E-state index contributed by atoms with van der Waals surface area (Å²) in [5.74, 6) is 5.14. The maximum Gasteiger partial charge on any atom is 0.420 e. The van der Waals surface area contributed by atoms with Crippen LogP contribution in [0.1, 0.15) is 5.69 Å². The van der Waals surface area contributed by atoms with E-state index >= 15 is 0 Å². The van der Waals surface area contributed by atoms with Gasteiger partial charge in [0.1, 0.15) is 0 Å².